The van der Waals surface area contributed by atoms with E-state index in [0.29, 0.717) is 13.1 Å². The van der Waals surface area contributed by atoms with Crippen molar-refractivity contribution < 1.29 is 17.2 Å². The van der Waals surface area contributed by atoms with Gasteiger partial charge in [0.25, 0.3) is 10.0 Å². The van der Waals surface area contributed by atoms with Crippen molar-refractivity contribution in [2.75, 3.05) is 11.3 Å². The van der Waals surface area contributed by atoms with Gasteiger partial charge >= 0.3 is 0 Å². The van der Waals surface area contributed by atoms with Gasteiger partial charge in [-0.3, -0.25) is 9.40 Å². The second-order valence-electron chi connectivity index (χ2n) is 3.93. The number of benzene rings is 1. The van der Waals surface area contributed by atoms with E-state index in [9.17, 15) is 17.2 Å². The van der Waals surface area contributed by atoms with E-state index >= 15 is 0 Å². The summed E-state index contributed by atoms with van der Waals surface area (Å²) >= 11 is 0. The fourth-order valence-corrected chi connectivity index (χ4v) is 2.54. The van der Waals surface area contributed by atoms with Gasteiger partial charge in [-0.1, -0.05) is 6.07 Å². The second-order valence-corrected chi connectivity index (χ2v) is 5.62. The van der Waals surface area contributed by atoms with Gasteiger partial charge in [-0.15, -0.1) is 0 Å². The Morgan fingerprint density at radius 1 is 1.35 bits per heavy atom. The Hall–Kier alpha value is -2.00. The van der Waals surface area contributed by atoms with Crippen molar-refractivity contribution in [3.63, 3.8) is 0 Å². The summed E-state index contributed by atoms with van der Waals surface area (Å²) in [5.41, 5.74) is 4.86. The molecule has 0 atom stereocenters. The molecule has 0 amide bonds. The average molecular weight is 302 g/mol. The first-order chi connectivity index (χ1) is 9.44. The molecule has 9 heteroatoms. The molecule has 1 aromatic carbocycles. The largest absolute Gasteiger partial charge is 0.329 e. The van der Waals surface area contributed by atoms with E-state index < -0.39 is 27.3 Å². The Morgan fingerprint density at radius 3 is 2.80 bits per heavy atom. The molecule has 108 valence electrons. The van der Waals surface area contributed by atoms with Crippen LogP contribution in [0.1, 0.15) is 0 Å². The molecule has 0 spiro atoms. The summed E-state index contributed by atoms with van der Waals surface area (Å²) in [6.45, 7) is 0.650. The summed E-state index contributed by atoms with van der Waals surface area (Å²) in [4.78, 5) is -0.158. The van der Waals surface area contributed by atoms with Gasteiger partial charge in [0.2, 0.25) is 0 Å². The lowest BCUT2D eigenvalue weighted by molar-refractivity contribution is 0.511. The Labute approximate surface area is 114 Å². The zero-order valence-corrected chi connectivity index (χ0v) is 11.1. The van der Waals surface area contributed by atoms with Crippen molar-refractivity contribution in [1.29, 1.82) is 0 Å². The molecule has 0 bridgehead atoms. The molecule has 6 nitrogen and oxygen atoms in total. The predicted molar refractivity (Wildman–Crippen MR) is 68.4 cm³/mol. The molecule has 0 saturated heterocycles. The van der Waals surface area contributed by atoms with Gasteiger partial charge in [0.1, 0.15) is 4.90 Å². The molecule has 0 aliphatic carbocycles. The maximum absolute atomic E-state index is 13.4. The van der Waals surface area contributed by atoms with E-state index in [1.807, 2.05) is 4.72 Å². The number of anilines is 1. The maximum Gasteiger partial charge on any atom is 0.265 e. The third kappa shape index (κ3) is 2.94. The van der Waals surface area contributed by atoms with Crippen molar-refractivity contribution in [3.8, 4) is 0 Å². The van der Waals surface area contributed by atoms with E-state index in [0.717, 1.165) is 18.3 Å². The highest BCUT2D eigenvalue weighted by atomic mass is 32.2. The number of aromatic nitrogens is 2. The number of hydrogen-bond acceptors (Lipinski definition) is 4. The molecule has 0 unspecified atom stereocenters. The Morgan fingerprint density at radius 2 is 2.10 bits per heavy atom. The molecule has 2 rings (SSSR count). The van der Waals surface area contributed by atoms with Crippen LogP contribution in [0.15, 0.2) is 35.5 Å². The molecule has 1 heterocycles. The smallest absolute Gasteiger partial charge is 0.265 e. The first-order valence-corrected chi connectivity index (χ1v) is 7.11. The lowest BCUT2D eigenvalue weighted by Crippen LogP contribution is -2.14. The topological polar surface area (TPSA) is 90.0 Å². The Balaban J connectivity index is 2.28. The average Bonchev–Trinajstić information content (AvgIpc) is 2.85. The van der Waals surface area contributed by atoms with E-state index in [2.05, 4.69) is 5.10 Å². The third-order valence-electron chi connectivity index (χ3n) is 2.47. The molecule has 3 N–H and O–H groups in total. The fourth-order valence-electron chi connectivity index (χ4n) is 1.52. The molecule has 0 radical (unpaired) electrons. The third-order valence-corrected chi connectivity index (χ3v) is 3.79. The SMILES string of the molecule is NCCn1cc(S(=O)(=O)Nc2cccc(F)c2F)cn1. The number of sulfonamides is 1. The zero-order chi connectivity index (χ0) is 14.8. The summed E-state index contributed by atoms with van der Waals surface area (Å²) in [7, 11) is -4.03. The second kappa shape index (κ2) is 5.55. The van der Waals surface area contributed by atoms with Gasteiger partial charge in [0.15, 0.2) is 11.6 Å². The van der Waals surface area contributed by atoms with Gasteiger partial charge < -0.3 is 5.73 Å². The van der Waals surface area contributed by atoms with Crippen LogP contribution in [-0.4, -0.2) is 24.7 Å². The quantitative estimate of drug-likeness (QED) is 0.859. The van der Waals surface area contributed by atoms with Gasteiger partial charge in [-0.05, 0) is 12.1 Å². The summed E-state index contributed by atoms with van der Waals surface area (Å²) in [6, 6.07) is 3.22. The van der Waals surface area contributed by atoms with E-state index in [1.165, 1.54) is 16.9 Å². The summed E-state index contributed by atoms with van der Waals surface area (Å²) in [5, 5.41) is 3.80. The minimum absolute atomic E-state index is 0.158. The van der Waals surface area contributed by atoms with Crippen LogP contribution in [0.3, 0.4) is 0 Å². The monoisotopic (exact) mass is 302 g/mol. The Bertz CT molecular complexity index is 715. The highest BCUT2D eigenvalue weighted by Crippen LogP contribution is 2.20. The number of nitrogens with zero attached hydrogens (tertiary/aromatic N) is 2. The standard InChI is InChI=1S/C11H12F2N4O2S/c12-9-2-1-3-10(11(9)13)16-20(18,19)8-6-15-17(7-8)5-4-14/h1-3,6-7,16H,4-5,14H2. The fraction of sp³-hybridized carbons (Fsp3) is 0.182. The van der Waals surface area contributed by atoms with Crippen LogP contribution in [0.2, 0.25) is 0 Å². The number of hydrogen-bond donors (Lipinski definition) is 2. The minimum atomic E-state index is -4.03. The van der Waals surface area contributed by atoms with Crippen LogP contribution < -0.4 is 10.5 Å². The highest BCUT2D eigenvalue weighted by Gasteiger charge is 2.19. The molecular weight excluding hydrogens is 290 g/mol. The van der Waals surface area contributed by atoms with Crippen molar-refractivity contribution in [2.45, 2.75) is 11.4 Å². The first-order valence-electron chi connectivity index (χ1n) is 5.63. The van der Waals surface area contributed by atoms with Crippen LogP contribution in [0.5, 0.6) is 0 Å². The van der Waals surface area contributed by atoms with Crippen molar-refractivity contribution in [1.82, 2.24) is 9.78 Å². The number of halogens is 2. The summed E-state index contributed by atoms with van der Waals surface area (Å²) in [6.07, 6.45) is 2.36. The van der Waals surface area contributed by atoms with Crippen LogP contribution in [0.25, 0.3) is 0 Å². The summed E-state index contributed by atoms with van der Waals surface area (Å²) < 4.78 is 53.8. The molecular formula is C11H12F2N4O2S. The molecule has 2 aromatic rings. The van der Waals surface area contributed by atoms with Gasteiger partial charge in [-0.2, -0.15) is 5.10 Å². The molecule has 1 aromatic heterocycles. The van der Waals surface area contributed by atoms with Crippen LogP contribution in [0.4, 0.5) is 14.5 Å². The van der Waals surface area contributed by atoms with E-state index in [-0.39, 0.29) is 4.90 Å². The first kappa shape index (κ1) is 14.4. The lowest BCUT2D eigenvalue weighted by Gasteiger charge is -2.07. The van der Waals surface area contributed by atoms with Crippen LogP contribution in [-0.2, 0) is 16.6 Å². The molecule has 0 aliphatic heterocycles. The Kier molecular flexibility index (Phi) is 4.00. The van der Waals surface area contributed by atoms with Gasteiger partial charge in [0, 0.05) is 12.7 Å². The number of rotatable bonds is 5. The van der Waals surface area contributed by atoms with Gasteiger partial charge in [-0.25, -0.2) is 17.2 Å². The van der Waals surface area contributed by atoms with Crippen LogP contribution in [0, 0.1) is 11.6 Å². The van der Waals surface area contributed by atoms with Gasteiger partial charge in [0.05, 0.1) is 18.4 Å². The predicted octanol–water partition coefficient (Wildman–Crippen LogP) is 0.921. The number of nitrogens with two attached hydrogens (primary N) is 1. The highest BCUT2D eigenvalue weighted by molar-refractivity contribution is 7.92. The normalized spacial score (nSPS) is 11.6. The summed E-state index contributed by atoms with van der Waals surface area (Å²) in [5.74, 6) is -2.39. The van der Waals surface area contributed by atoms with Crippen molar-refractivity contribution in [2.24, 2.45) is 5.73 Å². The lowest BCUT2D eigenvalue weighted by atomic mass is 10.3. The molecule has 0 fully saturated rings. The maximum atomic E-state index is 13.4. The number of nitrogens with one attached hydrogen (secondary N) is 1. The minimum Gasteiger partial charge on any atom is -0.329 e. The van der Waals surface area contributed by atoms with Crippen molar-refractivity contribution >= 4 is 15.7 Å². The zero-order valence-electron chi connectivity index (χ0n) is 10.3. The van der Waals surface area contributed by atoms with E-state index in [1.54, 1.807) is 0 Å². The van der Waals surface area contributed by atoms with Crippen LogP contribution >= 0.6 is 0 Å². The molecule has 0 aliphatic rings. The molecule has 0 saturated carbocycles. The van der Waals surface area contributed by atoms with E-state index in [4.69, 9.17) is 5.73 Å². The molecule has 20 heavy (non-hydrogen) atoms. The van der Waals surface area contributed by atoms with Crippen molar-refractivity contribution in [3.05, 3.63) is 42.2 Å².